The van der Waals surface area contributed by atoms with Crippen LogP contribution in [0.3, 0.4) is 0 Å². The molecule has 7 N–H and O–H groups in total. The number of carbonyl (C=O) groups excluding carboxylic acids is 1. The van der Waals surface area contributed by atoms with Gasteiger partial charge in [-0.1, -0.05) is 0 Å². The Morgan fingerprint density at radius 2 is 1.88 bits per heavy atom. The van der Waals surface area contributed by atoms with Crippen molar-refractivity contribution in [1.82, 2.24) is 10.8 Å². The van der Waals surface area contributed by atoms with Gasteiger partial charge >= 0.3 is 6.03 Å². The standard InChI is InChI=1S/C7H14N2O7/c10-1-2-4(11)5(12)3(6(13)16-2)8-7(14)9-15/h2-6,10-13,15H,1H2,(H2,8,9,14)/t2-,3-,4-,5-,6?/m1/s1. The third kappa shape index (κ3) is 2.58. The zero-order valence-electron chi connectivity index (χ0n) is 8.15. The van der Waals surface area contributed by atoms with Crippen LogP contribution in [0.1, 0.15) is 0 Å². The van der Waals surface area contributed by atoms with E-state index in [-0.39, 0.29) is 0 Å². The van der Waals surface area contributed by atoms with E-state index in [1.54, 1.807) is 0 Å². The normalized spacial score (nSPS) is 39.2. The van der Waals surface area contributed by atoms with E-state index >= 15 is 0 Å². The van der Waals surface area contributed by atoms with E-state index in [1.807, 2.05) is 5.32 Å². The van der Waals surface area contributed by atoms with Crippen molar-refractivity contribution in [3.63, 3.8) is 0 Å². The zero-order chi connectivity index (χ0) is 12.3. The lowest BCUT2D eigenvalue weighted by atomic mass is 9.97. The van der Waals surface area contributed by atoms with Crippen LogP contribution in [0, 0.1) is 0 Å². The fourth-order valence-electron chi connectivity index (χ4n) is 1.44. The predicted molar refractivity (Wildman–Crippen MR) is 47.2 cm³/mol. The van der Waals surface area contributed by atoms with Gasteiger partial charge in [-0.25, -0.2) is 10.3 Å². The summed E-state index contributed by atoms with van der Waals surface area (Å²) in [6.07, 6.45) is -5.73. The monoisotopic (exact) mass is 238 g/mol. The number of nitrogens with one attached hydrogen (secondary N) is 2. The first-order chi connectivity index (χ1) is 7.51. The van der Waals surface area contributed by atoms with Gasteiger partial charge in [0.25, 0.3) is 0 Å². The summed E-state index contributed by atoms with van der Waals surface area (Å²) in [5.41, 5.74) is 1.23. The third-order valence-corrected chi connectivity index (χ3v) is 2.30. The quantitative estimate of drug-likeness (QED) is 0.194. The molecule has 1 heterocycles. The van der Waals surface area contributed by atoms with Crippen molar-refractivity contribution >= 4 is 6.03 Å². The molecule has 1 aliphatic rings. The Labute approximate surface area is 90.2 Å². The van der Waals surface area contributed by atoms with E-state index in [4.69, 9.17) is 15.1 Å². The number of urea groups is 1. The summed E-state index contributed by atoms with van der Waals surface area (Å²) in [5.74, 6) is 0. The van der Waals surface area contributed by atoms with Crippen molar-refractivity contribution < 1.29 is 35.2 Å². The number of hydrogen-bond acceptors (Lipinski definition) is 7. The highest BCUT2D eigenvalue weighted by molar-refractivity contribution is 5.72. The van der Waals surface area contributed by atoms with Gasteiger partial charge in [-0.3, -0.25) is 5.21 Å². The first-order valence-corrected chi connectivity index (χ1v) is 4.52. The summed E-state index contributed by atoms with van der Waals surface area (Å²) in [7, 11) is 0. The maximum Gasteiger partial charge on any atom is 0.338 e. The summed E-state index contributed by atoms with van der Waals surface area (Å²) >= 11 is 0. The topological polar surface area (TPSA) is 152 Å². The average Bonchev–Trinajstić information content (AvgIpc) is 2.28. The van der Waals surface area contributed by atoms with Gasteiger partial charge < -0.3 is 30.5 Å². The van der Waals surface area contributed by atoms with Crippen LogP contribution in [0.5, 0.6) is 0 Å². The highest BCUT2D eigenvalue weighted by atomic mass is 16.6. The van der Waals surface area contributed by atoms with Crippen molar-refractivity contribution in [3.8, 4) is 0 Å². The van der Waals surface area contributed by atoms with Gasteiger partial charge in [-0.05, 0) is 0 Å². The van der Waals surface area contributed by atoms with E-state index in [0.717, 1.165) is 0 Å². The minimum Gasteiger partial charge on any atom is -0.394 e. The summed E-state index contributed by atoms with van der Waals surface area (Å²) in [4.78, 5) is 10.7. The highest BCUT2D eigenvalue weighted by Gasteiger charge is 2.44. The number of carbonyl (C=O) groups is 1. The molecule has 0 aromatic heterocycles. The van der Waals surface area contributed by atoms with E-state index in [0.29, 0.717) is 0 Å². The van der Waals surface area contributed by atoms with Crippen LogP contribution >= 0.6 is 0 Å². The second kappa shape index (κ2) is 5.39. The second-order valence-corrected chi connectivity index (χ2v) is 3.34. The van der Waals surface area contributed by atoms with Crippen molar-refractivity contribution in [2.24, 2.45) is 0 Å². The summed E-state index contributed by atoms with van der Waals surface area (Å²) in [6, 6.07) is -2.38. The van der Waals surface area contributed by atoms with Crippen LogP contribution in [0.4, 0.5) is 4.79 Å². The average molecular weight is 238 g/mol. The molecule has 0 radical (unpaired) electrons. The number of ether oxygens (including phenoxy) is 1. The first kappa shape index (κ1) is 13.1. The first-order valence-electron chi connectivity index (χ1n) is 4.52. The zero-order valence-corrected chi connectivity index (χ0v) is 8.15. The van der Waals surface area contributed by atoms with E-state index < -0.39 is 43.3 Å². The Bertz CT molecular complexity index is 251. The minimum atomic E-state index is -1.60. The van der Waals surface area contributed by atoms with Crippen LogP contribution in [0.2, 0.25) is 0 Å². The van der Waals surface area contributed by atoms with Gasteiger partial charge in [-0.2, -0.15) is 0 Å². The largest absolute Gasteiger partial charge is 0.394 e. The lowest BCUT2D eigenvalue weighted by molar-refractivity contribution is -0.252. The fraction of sp³-hybridized carbons (Fsp3) is 0.857. The molecule has 1 aliphatic heterocycles. The summed E-state index contributed by atoms with van der Waals surface area (Å²) in [6.45, 7) is -0.589. The Kier molecular flexibility index (Phi) is 4.41. The Morgan fingerprint density at radius 3 is 2.38 bits per heavy atom. The molecule has 5 atom stereocenters. The van der Waals surface area contributed by atoms with Crippen molar-refractivity contribution in [1.29, 1.82) is 0 Å². The Morgan fingerprint density at radius 1 is 1.25 bits per heavy atom. The molecular weight excluding hydrogens is 224 g/mol. The van der Waals surface area contributed by atoms with E-state index in [2.05, 4.69) is 0 Å². The van der Waals surface area contributed by atoms with Crippen LogP contribution < -0.4 is 10.8 Å². The molecule has 1 fully saturated rings. The molecule has 1 saturated heterocycles. The van der Waals surface area contributed by atoms with Crippen LogP contribution in [0.15, 0.2) is 0 Å². The molecule has 9 nitrogen and oxygen atoms in total. The van der Waals surface area contributed by atoms with E-state index in [9.17, 15) is 20.1 Å². The maximum absolute atomic E-state index is 10.7. The van der Waals surface area contributed by atoms with E-state index in [1.165, 1.54) is 5.48 Å². The van der Waals surface area contributed by atoms with Gasteiger partial charge in [0.05, 0.1) is 6.61 Å². The lowest BCUT2D eigenvalue weighted by Crippen LogP contribution is -2.64. The maximum atomic E-state index is 10.7. The highest BCUT2D eigenvalue weighted by Crippen LogP contribution is 2.19. The molecule has 2 amide bonds. The number of hydrogen-bond donors (Lipinski definition) is 7. The number of amides is 2. The molecule has 16 heavy (non-hydrogen) atoms. The molecular formula is C7H14N2O7. The van der Waals surface area contributed by atoms with Gasteiger partial charge in [-0.15, -0.1) is 0 Å². The second-order valence-electron chi connectivity index (χ2n) is 3.34. The van der Waals surface area contributed by atoms with Gasteiger partial charge in [0.2, 0.25) is 0 Å². The molecule has 0 spiro atoms. The van der Waals surface area contributed by atoms with Crippen molar-refractivity contribution in [2.45, 2.75) is 30.6 Å². The minimum absolute atomic E-state index is 0.589. The molecule has 1 rings (SSSR count). The Balaban J connectivity index is 2.67. The molecule has 9 heteroatoms. The van der Waals surface area contributed by atoms with Crippen LogP contribution in [-0.2, 0) is 4.74 Å². The van der Waals surface area contributed by atoms with Crippen LogP contribution in [-0.4, -0.2) is 68.9 Å². The molecule has 0 aromatic rings. The number of aliphatic hydroxyl groups excluding tert-OH is 4. The summed E-state index contributed by atoms with van der Waals surface area (Å²) < 4.78 is 4.75. The number of rotatable bonds is 2. The molecule has 1 unspecified atom stereocenters. The third-order valence-electron chi connectivity index (χ3n) is 2.30. The SMILES string of the molecule is O=C(NO)N[C@H]1C(O)O[C@H](CO)[C@@H](O)[C@@H]1O. The van der Waals surface area contributed by atoms with Crippen molar-refractivity contribution in [3.05, 3.63) is 0 Å². The molecule has 0 aromatic carbocycles. The van der Waals surface area contributed by atoms with Gasteiger partial charge in [0.15, 0.2) is 6.29 Å². The summed E-state index contributed by atoms with van der Waals surface area (Å²) in [5, 5.41) is 47.3. The van der Waals surface area contributed by atoms with Gasteiger partial charge in [0.1, 0.15) is 24.4 Å². The lowest BCUT2D eigenvalue weighted by Gasteiger charge is -2.40. The number of aliphatic hydroxyl groups is 4. The molecule has 94 valence electrons. The molecule has 0 bridgehead atoms. The fourth-order valence-corrected chi connectivity index (χ4v) is 1.44. The molecule has 0 saturated carbocycles. The van der Waals surface area contributed by atoms with Crippen LogP contribution in [0.25, 0.3) is 0 Å². The predicted octanol–water partition coefficient (Wildman–Crippen LogP) is -3.53. The van der Waals surface area contributed by atoms with Gasteiger partial charge in [0, 0.05) is 0 Å². The molecule has 0 aliphatic carbocycles. The Hall–Kier alpha value is -0.970. The smallest absolute Gasteiger partial charge is 0.338 e. The van der Waals surface area contributed by atoms with Crippen molar-refractivity contribution in [2.75, 3.05) is 6.61 Å². The number of hydroxylamine groups is 1.